The van der Waals surface area contributed by atoms with E-state index in [0.717, 1.165) is 10.0 Å². The van der Waals surface area contributed by atoms with Crippen molar-refractivity contribution in [2.75, 3.05) is 27.4 Å². The van der Waals surface area contributed by atoms with Gasteiger partial charge in [0.15, 0.2) is 0 Å². The molecular weight excluding hydrogens is 444 g/mol. The van der Waals surface area contributed by atoms with Crippen LogP contribution in [0.3, 0.4) is 0 Å². The molecule has 1 aromatic carbocycles. The van der Waals surface area contributed by atoms with E-state index < -0.39 is 28.1 Å². The third kappa shape index (κ3) is 7.72. The minimum atomic E-state index is -1.31. The van der Waals surface area contributed by atoms with Crippen molar-refractivity contribution in [2.24, 2.45) is 0 Å². The second-order valence-corrected chi connectivity index (χ2v) is 10.0. The van der Waals surface area contributed by atoms with Crippen molar-refractivity contribution >= 4 is 44.9 Å². The fourth-order valence-electron chi connectivity index (χ4n) is 2.09. The van der Waals surface area contributed by atoms with Crippen molar-refractivity contribution in [1.82, 2.24) is 10.0 Å². The molecule has 148 valence electrons. The molecule has 0 aromatic heterocycles. The van der Waals surface area contributed by atoms with Gasteiger partial charge in [0.1, 0.15) is 10.8 Å². The van der Waals surface area contributed by atoms with Crippen molar-refractivity contribution in [3.05, 3.63) is 33.3 Å². The molecule has 2 N–H and O–H groups in total. The second-order valence-electron chi connectivity index (χ2n) is 6.69. The monoisotopic (exact) mass is 468 g/mol. The summed E-state index contributed by atoms with van der Waals surface area (Å²) in [6, 6.07) is 4.51. The summed E-state index contributed by atoms with van der Waals surface area (Å²) in [6.45, 7) is 6.16. The Morgan fingerprint density at radius 2 is 2.00 bits per heavy atom. The topological polar surface area (TPSA) is 82.6 Å². The SMILES string of the molecule is COCC(NC[C@H](N[S+]([O-])C(C)(C)C)c1cc(Cl)cc(Br)c1)C(=O)OC. The normalized spacial score (nSPS) is 15.4. The number of benzene rings is 1. The molecule has 0 radical (unpaired) electrons. The quantitative estimate of drug-likeness (QED) is 0.427. The van der Waals surface area contributed by atoms with Gasteiger partial charge in [0, 0.05) is 34.5 Å². The van der Waals surface area contributed by atoms with Gasteiger partial charge in [-0.1, -0.05) is 27.5 Å². The maximum absolute atomic E-state index is 12.6. The molecule has 0 aliphatic rings. The van der Waals surface area contributed by atoms with Crippen molar-refractivity contribution in [2.45, 2.75) is 37.6 Å². The Hall–Kier alpha value is -0.350. The number of carbonyl (C=O) groups excluding carboxylic acids is 1. The third-order valence-corrected chi connectivity index (χ3v) is 5.77. The van der Waals surface area contributed by atoms with Gasteiger partial charge in [-0.2, -0.15) is 0 Å². The Balaban J connectivity index is 3.01. The minimum Gasteiger partial charge on any atom is -0.598 e. The van der Waals surface area contributed by atoms with Crippen LogP contribution in [0.4, 0.5) is 0 Å². The first-order valence-corrected chi connectivity index (χ1v) is 10.3. The Kier molecular flexibility index (Phi) is 9.88. The summed E-state index contributed by atoms with van der Waals surface area (Å²) < 4.78 is 25.9. The molecule has 1 aromatic rings. The highest BCUT2D eigenvalue weighted by Gasteiger charge is 2.31. The van der Waals surface area contributed by atoms with E-state index in [0.29, 0.717) is 11.6 Å². The van der Waals surface area contributed by atoms with E-state index in [1.165, 1.54) is 14.2 Å². The molecule has 26 heavy (non-hydrogen) atoms. The predicted molar refractivity (Wildman–Crippen MR) is 109 cm³/mol. The first-order chi connectivity index (χ1) is 12.1. The van der Waals surface area contributed by atoms with E-state index in [1.54, 1.807) is 12.1 Å². The van der Waals surface area contributed by atoms with Crippen LogP contribution >= 0.6 is 27.5 Å². The number of esters is 1. The maximum atomic E-state index is 12.6. The van der Waals surface area contributed by atoms with Crippen LogP contribution in [-0.4, -0.2) is 48.7 Å². The summed E-state index contributed by atoms with van der Waals surface area (Å²) >= 11 is 8.27. The molecule has 3 atom stereocenters. The number of nitrogens with one attached hydrogen (secondary N) is 2. The van der Waals surface area contributed by atoms with Gasteiger partial charge in [-0.15, -0.1) is 4.72 Å². The Labute approximate surface area is 171 Å². The number of rotatable bonds is 9. The van der Waals surface area contributed by atoms with Gasteiger partial charge in [-0.3, -0.25) is 4.79 Å². The molecule has 0 saturated heterocycles. The Bertz CT molecular complexity index is 580. The highest BCUT2D eigenvalue weighted by molar-refractivity contribution is 9.10. The summed E-state index contributed by atoms with van der Waals surface area (Å²) in [5.74, 6) is -0.421. The van der Waals surface area contributed by atoms with E-state index in [1.807, 2.05) is 26.8 Å². The van der Waals surface area contributed by atoms with Gasteiger partial charge >= 0.3 is 5.97 Å². The molecular formula is C17H26BrClN2O4S. The van der Waals surface area contributed by atoms with Crippen LogP contribution in [0, 0.1) is 0 Å². The first kappa shape index (κ1) is 23.7. The van der Waals surface area contributed by atoms with Crippen molar-refractivity contribution in [3.8, 4) is 0 Å². The smallest absolute Gasteiger partial charge is 0.325 e. The summed E-state index contributed by atoms with van der Waals surface area (Å²) in [5, 5.41) is 3.67. The van der Waals surface area contributed by atoms with Gasteiger partial charge in [0.2, 0.25) is 0 Å². The molecule has 0 spiro atoms. The van der Waals surface area contributed by atoms with E-state index in [2.05, 4.69) is 26.0 Å². The Morgan fingerprint density at radius 3 is 2.50 bits per heavy atom. The first-order valence-electron chi connectivity index (χ1n) is 8.02. The molecule has 2 unspecified atom stereocenters. The summed E-state index contributed by atoms with van der Waals surface area (Å²) in [6.07, 6.45) is 0. The van der Waals surface area contributed by atoms with Crippen LogP contribution in [0.2, 0.25) is 5.02 Å². The van der Waals surface area contributed by atoms with Crippen LogP contribution in [-0.2, 0) is 25.6 Å². The van der Waals surface area contributed by atoms with E-state index in [-0.39, 0.29) is 12.6 Å². The fraction of sp³-hybridized carbons (Fsp3) is 0.588. The predicted octanol–water partition coefficient (Wildman–Crippen LogP) is 2.97. The van der Waals surface area contributed by atoms with Gasteiger partial charge in [-0.25, -0.2) is 0 Å². The lowest BCUT2D eigenvalue weighted by Gasteiger charge is -2.29. The van der Waals surface area contributed by atoms with E-state index in [9.17, 15) is 9.35 Å². The molecule has 9 heteroatoms. The number of ether oxygens (including phenoxy) is 2. The Morgan fingerprint density at radius 1 is 1.35 bits per heavy atom. The van der Waals surface area contributed by atoms with Gasteiger partial charge < -0.3 is 19.3 Å². The van der Waals surface area contributed by atoms with Crippen LogP contribution < -0.4 is 10.0 Å². The van der Waals surface area contributed by atoms with Gasteiger partial charge in [0.05, 0.1) is 19.8 Å². The zero-order valence-electron chi connectivity index (χ0n) is 15.6. The number of methoxy groups -OCH3 is 2. The van der Waals surface area contributed by atoms with Crippen molar-refractivity contribution in [3.63, 3.8) is 0 Å². The van der Waals surface area contributed by atoms with Crippen LogP contribution in [0.15, 0.2) is 22.7 Å². The lowest BCUT2D eigenvalue weighted by atomic mass is 10.1. The molecule has 0 saturated carbocycles. The average molecular weight is 470 g/mol. The van der Waals surface area contributed by atoms with Gasteiger partial charge in [0.25, 0.3) is 0 Å². The van der Waals surface area contributed by atoms with Crippen molar-refractivity contribution < 1.29 is 18.8 Å². The zero-order chi connectivity index (χ0) is 19.9. The third-order valence-electron chi connectivity index (χ3n) is 3.48. The van der Waals surface area contributed by atoms with Gasteiger partial charge in [-0.05, 0) is 44.5 Å². The zero-order valence-corrected chi connectivity index (χ0v) is 18.8. The highest BCUT2D eigenvalue weighted by Crippen LogP contribution is 2.26. The standard InChI is InChI=1S/C17H26BrClN2O4S/c1-17(2,3)26(23)21-14(11-6-12(18)8-13(19)7-11)9-20-15(10-24-4)16(22)25-5/h6-8,14-15,20-21H,9-10H2,1-5H3/t14-,15?,26?/m0/s1. The summed E-state index contributed by atoms with van der Waals surface area (Å²) in [7, 11) is 2.83. The lowest BCUT2D eigenvalue weighted by molar-refractivity contribution is -0.144. The molecule has 1 rings (SSSR count). The number of carbonyl (C=O) groups is 1. The molecule has 0 fully saturated rings. The average Bonchev–Trinajstić information content (AvgIpc) is 2.54. The van der Waals surface area contributed by atoms with Crippen LogP contribution in [0.5, 0.6) is 0 Å². The summed E-state index contributed by atoms with van der Waals surface area (Å²) in [4.78, 5) is 11.9. The highest BCUT2D eigenvalue weighted by atomic mass is 79.9. The molecule has 0 heterocycles. The number of halogens is 2. The largest absolute Gasteiger partial charge is 0.598 e. The second kappa shape index (κ2) is 10.8. The summed E-state index contributed by atoms with van der Waals surface area (Å²) in [5.41, 5.74) is 0.843. The molecule has 0 aliphatic heterocycles. The number of hydrogen-bond acceptors (Lipinski definition) is 6. The fourth-order valence-corrected chi connectivity index (χ4v) is 3.81. The van der Waals surface area contributed by atoms with Crippen LogP contribution in [0.25, 0.3) is 0 Å². The molecule has 0 bridgehead atoms. The van der Waals surface area contributed by atoms with E-state index in [4.69, 9.17) is 21.1 Å². The minimum absolute atomic E-state index is 0.168. The lowest BCUT2D eigenvalue weighted by Crippen LogP contribution is -2.48. The number of hydrogen-bond donors (Lipinski definition) is 2. The van der Waals surface area contributed by atoms with Crippen LogP contribution in [0.1, 0.15) is 32.4 Å². The van der Waals surface area contributed by atoms with Crippen molar-refractivity contribution in [1.29, 1.82) is 0 Å². The van der Waals surface area contributed by atoms with E-state index >= 15 is 0 Å². The molecule has 6 nitrogen and oxygen atoms in total. The maximum Gasteiger partial charge on any atom is 0.325 e. The molecule has 0 amide bonds. The molecule has 0 aliphatic carbocycles.